The van der Waals surface area contributed by atoms with Crippen LogP contribution in [0.1, 0.15) is 22.6 Å². The first-order valence-electron chi connectivity index (χ1n) is 12.4. The number of furan rings is 1. The number of nitrogens with zero attached hydrogens (tertiary/aromatic N) is 5. The summed E-state index contributed by atoms with van der Waals surface area (Å²) in [6.45, 7) is 5.56. The van der Waals surface area contributed by atoms with E-state index in [2.05, 4.69) is 38.7 Å². The molecule has 0 spiro atoms. The highest BCUT2D eigenvalue weighted by Gasteiger charge is 2.39. The number of halogens is 9. The molecule has 1 aliphatic heterocycles. The zero-order valence-corrected chi connectivity index (χ0v) is 23.5. The summed E-state index contributed by atoms with van der Waals surface area (Å²) in [4.78, 5) is 40.4. The minimum atomic E-state index is -5.08. The number of carbonyl (C=O) groups is 3. The quantitative estimate of drug-likeness (QED) is 0.316. The number of hydrogen-bond acceptors (Lipinski definition) is 8. The molecule has 4 heterocycles. The first-order chi connectivity index (χ1) is 21.1. The lowest BCUT2D eigenvalue weighted by molar-refractivity contribution is -0.193. The third-order valence-corrected chi connectivity index (χ3v) is 5.25. The molecular formula is C25H26F9N5O7. The second kappa shape index (κ2) is 17.1. The van der Waals surface area contributed by atoms with Gasteiger partial charge in [0.15, 0.2) is 0 Å². The van der Waals surface area contributed by atoms with Gasteiger partial charge in [-0.05, 0) is 24.7 Å². The van der Waals surface area contributed by atoms with Crippen LogP contribution < -0.4 is 0 Å². The molecule has 3 N–H and O–H groups in total. The number of pyridine rings is 1. The average Bonchev–Trinajstić information content (AvgIpc) is 3.58. The zero-order chi connectivity index (χ0) is 35.3. The number of carboxylic acids is 3. The molecule has 12 nitrogen and oxygen atoms in total. The van der Waals surface area contributed by atoms with Gasteiger partial charge in [-0.2, -0.15) is 39.5 Å². The van der Waals surface area contributed by atoms with Crippen LogP contribution in [0.3, 0.4) is 0 Å². The summed E-state index contributed by atoms with van der Waals surface area (Å²) in [6.07, 6.45) is -5.77. The van der Waals surface area contributed by atoms with Crippen LogP contribution in [0.25, 0.3) is 0 Å². The van der Waals surface area contributed by atoms with E-state index in [-0.39, 0.29) is 0 Å². The number of aromatic nitrogens is 3. The van der Waals surface area contributed by atoms with E-state index in [0.717, 1.165) is 50.8 Å². The van der Waals surface area contributed by atoms with Gasteiger partial charge in [-0.1, -0.05) is 6.07 Å². The van der Waals surface area contributed by atoms with Crippen LogP contribution in [-0.2, 0) is 47.1 Å². The van der Waals surface area contributed by atoms with Crippen molar-refractivity contribution in [2.24, 2.45) is 0 Å². The second-order valence-corrected chi connectivity index (χ2v) is 9.13. The number of hydrogen-bond donors (Lipinski definition) is 3. The fourth-order valence-electron chi connectivity index (χ4n) is 3.35. The molecule has 0 saturated carbocycles. The van der Waals surface area contributed by atoms with Crippen LogP contribution in [0.15, 0.2) is 53.7 Å². The molecular weight excluding hydrogens is 653 g/mol. The Morgan fingerprint density at radius 3 is 1.85 bits per heavy atom. The summed E-state index contributed by atoms with van der Waals surface area (Å²) in [5, 5.41) is 21.4. The van der Waals surface area contributed by atoms with Gasteiger partial charge >= 0.3 is 36.4 Å². The van der Waals surface area contributed by atoms with Crippen LogP contribution in [0.5, 0.6) is 0 Å². The third kappa shape index (κ3) is 15.4. The molecule has 0 aliphatic carbocycles. The number of imidazole rings is 1. The van der Waals surface area contributed by atoms with Crippen molar-refractivity contribution in [3.05, 3.63) is 72.0 Å². The van der Waals surface area contributed by atoms with Gasteiger partial charge in [0.25, 0.3) is 0 Å². The van der Waals surface area contributed by atoms with Crippen LogP contribution >= 0.6 is 0 Å². The summed E-state index contributed by atoms with van der Waals surface area (Å²) in [5.74, 6) is -7.12. The SMILES string of the molecule is CN(Cc1cccnc1)Cc1cn2c(n1)CN(Cc1ccoc1)CC2.O=C(O)C(F)(F)F.O=C(O)C(F)(F)F.O=C(O)C(F)(F)F. The molecule has 4 rings (SSSR count). The minimum absolute atomic E-state index is 0.844. The highest BCUT2D eigenvalue weighted by molar-refractivity contribution is 5.73. The normalized spacial score (nSPS) is 13.2. The summed E-state index contributed by atoms with van der Waals surface area (Å²) in [7, 11) is 2.12. The van der Waals surface area contributed by atoms with E-state index in [1.165, 1.54) is 11.1 Å². The van der Waals surface area contributed by atoms with Gasteiger partial charge in [0.05, 0.1) is 24.8 Å². The maximum atomic E-state index is 10.6. The van der Waals surface area contributed by atoms with Gasteiger partial charge in [-0.25, -0.2) is 19.4 Å². The molecule has 1 aliphatic rings. The maximum absolute atomic E-state index is 10.6. The van der Waals surface area contributed by atoms with E-state index in [1.807, 2.05) is 30.8 Å². The van der Waals surface area contributed by atoms with E-state index in [1.54, 1.807) is 6.26 Å². The van der Waals surface area contributed by atoms with Gasteiger partial charge < -0.3 is 24.3 Å². The highest BCUT2D eigenvalue weighted by Crippen LogP contribution is 2.17. The van der Waals surface area contributed by atoms with Gasteiger partial charge in [-0.15, -0.1) is 0 Å². The molecule has 0 unspecified atom stereocenters. The van der Waals surface area contributed by atoms with Crippen LogP contribution in [0, 0.1) is 0 Å². The molecule has 0 fully saturated rings. The Morgan fingerprint density at radius 2 is 1.41 bits per heavy atom. The Bertz CT molecular complexity index is 1320. The average molecular weight is 679 g/mol. The Balaban J connectivity index is 0.000000413. The topological polar surface area (TPSA) is 162 Å². The number of fused-ring (bicyclic) bond motifs is 1. The second-order valence-electron chi connectivity index (χ2n) is 9.13. The van der Waals surface area contributed by atoms with E-state index in [9.17, 15) is 39.5 Å². The molecule has 0 amide bonds. The monoisotopic (exact) mass is 679 g/mol. The van der Waals surface area contributed by atoms with Crippen molar-refractivity contribution in [1.29, 1.82) is 0 Å². The predicted octanol–water partition coefficient (Wildman–Crippen LogP) is 4.42. The van der Waals surface area contributed by atoms with Crippen LogP contribution in [0.2, 0.25) is 0 Å². The van der Waals surface area contributed by atoms with Crippen LogP contribution in [-0.4, -0.2) is 89.7 Å². The number of carboxylic acid groups (broad SMARTS) is 3. The largest absolute Gasteiger partial charge is 0.490 e. The molecule has 46 heavy (non-hydrogen) atoms. The first-order valence-corrected chi connectivity index (χ1v) is 12.4. The van der Waals surface area contributed by atoms with E-state index < -0.39 is 36.4 Å². The van der Waals surface area contributed by atoms with Gasteiger partial charge in [-0.3, -0.25) is 14.8 Å². The molecule has 3 aromatic rings. The van der Waals surface area contributed by atoms with Crippen molar-refractivity contribution in [3.63, 3.8) is 0 Å². The Kier molecular flexibility index (Phi) is 14.7. The summed E-state index contributed by atoms with van der Waals surface area (Å²) >= 11 is 0. The van der Waals surface area contributed by atoms with Crippen molar-refractivity contribution in [2.45, 2.75) is 51.3 Å². The zero-order valence-electron chi connectivity index (χ0n) is 23.5. The molecule has 3 aromatic heterocycles. The fourth-order valence-corrected chi connectivity index (χ4v) is 3.35. The smallest absolute Gasteiger partial charge is 0.475 e. The van der Waals surface area contributed by atoms with Crippen molar-refractivity contribution in [1.82, 2.24) is 24.3 Å². The molecule has 0 saturated heterocycles. The Labute approximate surface area is 253 Å². The Morgan fingerprint density at radius 1 is 0.870 bits per heavy atom. The highest BCUT2D eigenvalue weighted by atomic mass is 19.4. The van der Waals surface area contributed by atoms with Crippen molar-refractivity contribution >= 4 is 17.9 Å². The minimum Gasteiger partial charge on any atom is -0.475 e. The standard InChI is InChI=1S/C19H23N5O.3C2HF3O2/c1-22(10-16-3-2-5-20-9-16)12-18-13-24-7-6-23(14-19(24)21-18)11-17-4-8-25-15-17;3*3-2(4,5)1(6)7/h2-5,8-9,13,15H,6-7,10-12,14H2,1H3;3*(H,6,7). The van der Waals surface area contributed by atoms with Gasteiger partial charge in [0.1, 0.15) is 5.82 Å². The number of aliphatic carboxylic acids is 3. The molecule has 0 aromatic carbocycles. The number of rotatable bonds is 6. The molecule has 0 bridgehead atoms. The predicted molar refractivity (Wildman–Crippen MR) is 136 cm³/mol. The first kappa shape index (κ1) is 39.4. The number of alkyl halides is 9. The lowest BCUT2D eigenvalue weighted by Crippen LogP contribution is -2.33. The molecule has 0 radical (unpaired) electrons. The molecule has 0 atom stereocenters. The van der Waals surface area contributed by atoms with Gasteiger partial charge in [0, 0.05) is 56.9 Å². The maximum Gasteiger partial charge on any atom is 0.490 e. The Hall–Kier alpha value is -4.66. The van der Waals surface area contributed by atoms with Crippen molar-refractivity contribution < 1.29 is 73.6 Å². The summed E-state index contributed by atoms with van der Waals surface area (Å²) in [5.41, 5.74) is 3.57. The lowest BCUT2D eigenvalue weighted by atomic mass is 10.2. The van der Waals surface area contributed by atoms with Crippen LogP contribution in [0.4, 0.5) is 39.5 Å². The van der Waals surface area contributed by atoms with E-state index in [0.29, 0.717) is 0 Å². The molecule has 21 heteroatoms. The van der Waals surface area contributed by atoms with Crippen molar-refractivity contribution in [3.8, 4) is 0 Å². The van der Waals surface area contributed by atoms with Gasteiger partial charge in [0.2, 0.25) is 0 Å². The van der Waals surface area contributed by atoms with Crippen molar-refractivity contribution in [2.75, 3.05) is 13.6 Å². The molecule has 256 valence electrons. The van der Waals surface area contributed by atoms with E-state index in [4.69, 9.17) is 39.1 Å². The summed E-state index contributed by atoms with van der Waals surface area (Å²) < 4.78 is 103. The summed E-state index contributed by atoms with van der Waals surface area (Å²) in [6, 6.07) is 6.11. The third-order valence-electron chi connectivity index (χ3n) is 5.25. The van der Waals surface area contributed by atoms with E-state index >= 15 is 0 Å². The fraction of sp³-hybridized carbons (Fsp3) is 0.400. The lowest BCUT2D eigenvalue weighted by Gasteiger charge is -2.26.